The Bertz CT molecular complexity index is 582. The van der Waals surface area contributed by atoms with Crippen LogP contribution in [-0.4, -0.2) is 5.11 Å². The van der Waals surface area contributed by atoms with Crippen LogP contribution >= 0.6 is 0 Å². The van der Waals surface area contributed by atoms with Gasteiger partial charge in [-0.15, -0.1) is 0 Å². The third kappa shape index (κ3) is 3.05. The predicted molar refractivity (Wildman–Crippen MR) is 80.4 cm³/mol. The molecule has 0 saturated heterocycles. The average Bonchev–Trinajstić information content (AvgIpc) is 2.35. The molecule has 19 heavy (non-hydrogen) atoms. The van der Waals surface area contributed by atoms with Gasteiger partial charge in [0.1, 0.15) is 0 Å². The third-order valence-electron chi connectivity index (χ3n) is 3.92. The molecule has 2 rings (SSSR count). The Balaban J connectivity index is 2.32. The van der Waals surface area contributed by atoms with Crippen LogP contribution in [0.15, 0.2) is 42.5 Å². The van der Waals surface area contributed by atoms with E-state index in [0.717, 1.165) is 5.56 Å². The van der Waals surface area contributed by atoms with Gasteiger partial charge in [0.15, 0.2) is 0 Å². The predicted octanol–water partition coefficient (Wildman–Crippen LogP) is 4.06. The fraction of sp³-hybridized carbons (Fsp3) is 0.333. The Morgan fingerprint density at radius 1 is 0.895 bits per heavy atom. The molecule has 0 aliphatic carbocycles. The minimum Gasteiger partial charge on any atom is -0.385 e. The summed E-state index contributed by atoms with van der Waals surface area (Å²) in [4.78, 5) is 0. The molecule has 0 bridgehead atoms. The number of hydrogen-bond donors (Lipinski definition) is 1. The number of hydrogen-bond acceptors (Lipinski definition) is 1. The zero-order valence-electron chi connectivity index (χ0n) is 12.2. The monoisotopic (exact) mass is 254 g/mol. The molecule has 1 atom stereocenters. The third-order valence-corrected chi connectivity index (χ3v) is 3.92. The minimum atomic E-state index is -0.829. The van der Waals surface area contributed by atoms with Gasteiger partial charge in [0, 0.05) is 6.42 Å². The van der Waals surface area contributed by atoms with Gasteiger partial charge in [-0.3, -0.25) is 0 Å². The van der Waals surface area contributed by atoms with Gasteiger partial charge in [-0.25, -0.2) is 0 Å². The van der Waals surface area contributed by atoms with Crippen LogP contribution in [0.25, 0.3) is 0 Å². The molecule has 0 saturated carbocycles. The second-order valence-electron chi connectivity index (χ2n) is 5.68. The summed E-state index contributed by atoms with van der Waals surface area (Å²) in [5, 5.41) is 10.8. The van der Waals surface area contributed by atoms with E-state index in [1.807, 2.05) is 25.1 Å². The smallest absolute Gasteiger partial charge is 0.0908 e. The Morgan fingerprint density at radius 3 is 2.21 bits per heavy atom. The lowest BCUT2D eigenvalue weighted by Crippen LogP contribution is -2.24. The molecule has 0 radical (unpaired) electrons. The highest BCUT2D eigenvalue weighted by molar-refractivity contribution is 5.35. The number of rotatable bonds is 3. The first-order valence-electron chi connectivity index (χ1n) is 6.75. The van der Waals surface area contributed by atoms with Gasteiger partial charge >= 0.3 is 0 Å². The zero-order valence-corrected chi connectivity index (χ0v) is 12.2. The van der Waals surface area contributed by atoms with Gasteiger partial charge in [-0.2, -0.15) is 0 Å². The zero-order chi connectivity index (χ0) is 14.0. The highest BCUT2D eigenvalue weighted by Gasteiger charge is 2.24. The molecule has 0 fully saturated rings. The maximum atomic E-state index is 10.8. The molecule has 100 valence electrons. The van der Waals surface area contributed by atoms with E-state index >= 15 is 0 Å². The van der Waals surface area contributed by atoms with Gasteiger partial charge in [0.05, 0.1) is 5.60 Å². The van der Waals surface area contributed by atoms with Crippen molar-refractivity contribution in [1.29, 1.82) is 0 Å². The van der Waals surface area contributed by atoms with Crippen LogP contribution in [0, 0.1) is 20.8 Å². The summed E-state index contributed by atoms with van der Waals surface area (Å²) in [5.41, 5.74) is 5.07. The molecule has 1 N–H and O–H groups in total. The fourth-order valence-corrected chi connectivity index (χ4v) is 2.36. The highest BCUT2D eigenvalue weighted by atomic mass is 16.3. The van der Waals surface area contributed by atoms with E-state index in [0.29, 0.717) is 6.42 Å². The average molecular weight is 254 g/mol. The first kappa shape index (κ1) is 13.8. The molecule has 1 heteroatoms. The topological polar surface area (TPSA) is 20.2 Å². The van der Waals surface area contributed by atoms with Crippen molar-refractivity contribution in [3.05, 3.63) is 70.3 Å². The van der Waals surface area contributed by atoms with Crippen molar-refractivity contribution in [2.75, 3.05) is 0 Å². The molecule has 0 aliphatic heterocycles. The van der Waals surface area contributed by atoms with Crippen LogP contribution in [0.2, 0.25) is 0 Å². The molecule has 2 aromatic carbocycles. The Hall–Kier alpha value is -1.60. The van der Waals surface area contributed by atoms with Gasteiger partial charge in [-0.05, 0) is 55.5 Å². The van der Waals surface area contributed by atoms with E-state index in [4.69, 9.17) is 0 Å². The molecular formula is C18H22O. The summed E-state index contributed by atoms with van der Waals surface area (Å²) in [7, 11) is 0. The summed E-state index contributed by atoms with van der Waals surface area (Å²) in [6, 6.07) is 14.4. The highest BCUT2D eigenvalue weighted by Crippen LogP contribution is 2.28. The second kappa shape index (κ2) is 5.18. The van der Waals surface area contributed by atoms with Gasteiger partial charge in [0.2, 0.25) is 0 Å². The number of aliphatic hydroxyl groups is 1. The van der Waals surface area contributed by atoms with E-state index in [2.05, 4.69) is 45.0 Å². The van der Waals surface area contributed by atoms with Crippen molar-refractivity contribution in [3.63, 3.8) is 0 Å². The molecule has 0 spiro atoms. The van der Waals surface area contributed by atoms with E-state index in [-0.39, 0.29) is 0 Å². The van der Waals surface area contributed by atoms with Crippen LogP contribution in [0.1, 0.15) is 34.7 Å². The summed E-state index contributed by atoms with van der Waals surface area (Å²) in [6.07, 6.45) is 0.641. The number of benzene rings is 2. The normalized spacial score (nSPS) is 14.2. The fourth-order valence-electron chi connectivity index (χ4n) is 2.36. The summed E-state index contributed by atoms with van der Waals surface area (Å²) in [5.74, 6) is 0. The van der Waals surface area contributed by atoms with E-state index in [9.17, 15) is 5.11 Å². The molecule has 0 aliphatic rings. The lowest BCUT2D eigenvalue weighted by Gasteiger charge is -2.25. The van der Waals surface area contributed by atoms with Crippen molar-refractivity contribution >= 4 is 0 Å². The lowest BCUT2D eigenvalue weighted by atomic mass is 9.86. The first-order valence-corrected chi connectivity index (χ1v) is 6.75. The molecule has 0 aromatic heterocycles. The van der Waals surface area contributed by atoms with Crippen LogP contribution in [0.5, 0.6) is 0 Å². The van der Waals surface area contributed by atoms with Crippen LogP contribution in [0.3, 0.4) is 0 Å². The van der Waals surface area contributed by atoms with E-state index in [1.54, 1.807) is 0 Å². The van der Waals surface area contributed by atoms with Crippen LogP contribution in [-0.2, 0) is 12.0 Å². The molecule has 1 nitrogen and oxygen atoms in total. The number of aryl methyl sites for hydroxylation is 3. The summed E-state index contributed by atoms with van der Waals surface area (Å²) < 4.78 is 0. The maximum Gasteiger partial charge on any atom is 0.0908 e. The van der Waals surface area contributed by atoms with Crippen molar-refractivity contribution in [2.24, 2.45) is 0 Å². The Labute approximate surface area is 115 Å². The van der Waals surface area contributed by atoms with Gasteiger partial charge < -0.3 is 5.11 Å². The van der Waals surface area contributed by atoms with Crippen LogP contribution in [0.4, 0.5) is 0 Å². The molecular weight excluding hydrogens is 232 g/mol. The summed E-state index contributed by atoms with van der Waals surface area (Å²) >= 11 is 0. The largest absolute Gasteiger partial charge is 0.385 e. The van der Waals surface area contributed by atoms with Gasteiger partial charge in [-0.1, -0.05) is 42.5 Å². The Kier molecular flexibility index (Phi) is 3.77. The quantitative estimate of drug-likeness (QED) is 0.875. The van der Waals surface area contributed by atoms with Crippen molar-refractivity contribution in [3.8, 4) is 0 Å². The Morgan fingerprint density at radius 2 is 1.58 bits per heavy atom. The van der Waals surface area contributed by atoms with Crippen LogP contribution < -0.4 is 0 Å². The minimum absolute atomic E-state index is 0.641. The molecule has 0 amide bonds. The SMILES string of the molecule is Cc1ccc(C(C)(O)Cc2ccccc2C)cc1C. The summed E-state index contributed by atoms with van der Waals surface area (Å²) in [6.45, 7) is 8.16. The van der Waals surface area contributed by atoms with Crippen molar-refractivity contribution in [2.45, 2.75) is 39.7 Å². The molecule has 1 unspecified atom stereocenters. The van der Waals surface area contributed by atoms with Crippen molar-refractivity contribution in [1.82, 2.24) is 0 Å². The molecule has 0 heterocycles. The van der Waals surface area contributed by atoms with Gasteiger partial charge in [0.25, 0.3) is 0 Å². The maximum absolute atomic E-state index is 10.8. The van der Waals surface area contributed by atoms with E-state index in [1.165, 1.54) is 22.3 Å². The van der Waals surface area contributed by atoms with E-state index < -0.39 is 5.60 Å². The van der Waals surface area contributed by atoms with Crippen molar-refractivity contribution < 1.29 is 5.11 Å². The molecule has 2 aromatic rings. The first-order chi connectivity index (χ1) is 8.90. The second-order valence-corrected chi connectivity index (χ2v) is 5.68. The standard InChI is InChI=1S/C18H22O/c1-13-9-10-17(11-15(13)3)18(4,19)12-16-8-6-5-7-14(16)2/h5-11,19H,12H2,1-4H3. The lowest BCUT2D eigenvalue weighted by molar-refractivity contribution is 0.0574.